The number of aromatic nitrogens is 3. The maximum Gasteiger partial charge on any atom is 0.573 e. The quantitative estimate of drug-likeness (QED) is 0.721. The molecule has 0 aliphatic heterocycles. The van der Waals surface area contributed by atoms with Crippen LogP contribution >= 0.6 is 0 Å². The highest BCUT2D eigenvalue weighted by molar-refractivity contribution is 6.32. The van der Waals surface area contributed by atoms with Crippen molar-refractivity contribution in [1.29, 1.82) is 0 Å². The summed E-state index contributed by atoms with van der Waals surface area (Å²) in [5, 5.41) is 0. The minimum absolute atomic E-state index is 0.300. The number of pyridine rings is 1. The van der Waals surface area contributed by atoms with Crippen molar-refractivity contribution < 1.29 is 22.6 Å². The Morgan fingerprint density at radius 1 is 1.24 bits per heavy atom. The van der Waals surface area contributed by atoms with E-state index in [4.69, 9.17) is 12.6 Å². The molecule has 2 radical (unpaired) electrons. The van der Waals surface area contributed by atoms with Crippen molar-refractivity contribution in [2.75, 3.05) is 6.61 Å². The van der Waals surface area contributed by atoms with Crippen LogP contribution in [-0.4, -0.2) is 35.8 Å². The number of benzene rings is 1. The van der Waals surface area contributed by atoms with Crippen LogP contribution < -0.4 is 10.2 Å². The number of aromatic amines is 1. The SMILES string of the molecule is [B]c1cnc2nc(C(OCC)c3ccc(OC(F)(F)F)cc3)[nH]c2c1. The van der Waals surface area contributed by atoms with E-state index >= 15 is 0 Å². The molecular weight excluding hydrogens is 334 g/mol. The number of hydrogen-bond donors (Lipinski definition) is 1. The molecule has 1 aromatic carbocycles. The van der Waals surface area contributed by atoms with Crippen LogP contribution in [0.2, 0.25) is 0 Å². The monoisotopic (exact) mass is 347 g/mol. The molecule has 0 bridgehead atoms. The molecule has 0 aliphatic rings. The topological polar surface area (TPSA) is 60.0 Å². The molecule has 0 aliphatic carbocycles. The molecule has 0 amide bonds. The molecule has 0 saturated carbocycles. The van der Waals surface area contributed by atoms with Gasteiger partial charge in [0.2, 0.25) is 0 Å². The van der Waals surface area contributed by atoms with Crippen LogP contribution in [0.5, 0.6) is 5.75 Å². The highest BCUT2D eigenvalue weighted by Gasteiger charge is 2.31. The van der Waals surface area contributed by atoms with Crippen LogP contribution in [-0.2, 0) is 4.74 Å². The van der Waals surface area contributed by atoms with E-state index < -0.39 is 12.5 Å². The number of imidazole rings is 1. The lowest BCUT2D eigenvalue weighted by Gasteiger charge is -2.16. The number of nitrogens with one attached hydrogen (secondary N) is 1. The van der Waals surface area contributed by atoms with Crippen molar-refractivity contribution in [2.45, 2.75) is 19.4 Å². The largest absolute Gasteiger partial charge is 0.573 e. The van der Waals surface area contributed by atoms with Gasteiger partial charge in [-0.15, -0.1) is 13.2 Å². The summed E-state index contributed by atoms with van der Waals surface area (Å²) < 4.78 is 46.3. The molecule has 5 nitrogen and oxygen atoms in total. The Bertz CT molecular complexity index is 865. The van der Waals surface area contributed by atoms with Crippen LogP contribution in [0, 0.1) is 0 Å². The predicted octanol–water partition coefficient (Wildman–Crippen LogP) is 2.78. The fourth-order valence-corrected chi connectivity index (χ4v) is 2.40. The van der Waals surface area contributed by atoms with Crippen LogP contribution in [0.25, 0.3) is 11.2 Å². The van der Waals surface area contributed by atoms with Crippen LogP contribution in [0.4, 0.5) is 13.2 Å². The lowest BCUT2D eigenvalue weighted by molar-refractivity contribution is -0.274. The number of nitrogens with zero attached hydrogens (tertiary/aromatic N) is 2. The minimum Gasteiger partial charge on any atom is -0.406 e. The zero-order valence-electron chi connectivity index (χ0n) is 13.2. The summed E-state index contributed by atoms with van der Waals surface area (Å²) in [6.45, 7) is 2.20. The molecule has 1 atom stereocenters. The zero-order chi connectivity index (χ0) is 18.0. The van der Waals surface area contributed by atoms with E-state index in [1.807, 2.05) is 6.92 Å². The first-order chi connectivity index (χ1) is 11.9. The molecule has 0 saturated heterocycles. The number of fused-ring (bicyclic) bond motifs is 1. The maximum absolute atomic E-state index is 12.3. The summed E-state index contributed by atoms with van der Waals surface area (Å²) in [5.41, 5.74) is 2.25. The Hall–Kier alpha value is -2.55. The second kappa shape index (κ2) is 6.75. The Morgan fingerprint density at radius 2 is 1.96 bits per heavy atom. The van der Waals surface area contributed by atoms with Gasteiger partial charge in [-0.25, -0.2) is 9.97 Å². The standard InChI is InChI=1S/C16H13BF3N3O2/c1-2-24-13(9-3-5-11(6-4-9)25-16(18,19)20)15-22-12-7-10(17)8-21-14(12)23-15/h3-8,13H,2H2,1H3,(H,21,22,23). The third kappa shape index (κ3) is 4.11. The first-order valence-electron chi connectivity index (χ1n) is 7.44. The molecule has 9 heteroatoms. The third-order valence-corrected chi connectivity index (χ3v) is 3.38. The van der Waals surface area contributed by atoms with Crippen LogP contribution in [0.15, 0.2) is 36.5 Å². The first kappa shape index (κ1) is 17.3. The Balaban J connectivity index is 1.91. The molecular formula is C16H13BF3N3O2. The van der Waals surface area contributed by atoms with Crippen molar-refractivity contribution in [3.8, 4) is 5.75 Å². The van der Waals surface area contributed by atoms with E-state index in [1.165, 1.54) is 30.5 Å². The Labute approximate surface area is 142 Å². The van der Waals surface area contributed by atoms with Gasteiger partial charge in [0.05, 0.1) is 5.52 Å². The summed E-state index contributed by atoms with van der Waals surface area (Å²) in [6.07, 6.45) is -3.82. The zero-order valence-corrected chi connectivity index (χ0v) is 13.2. The average molecular weight is 347 g/mol. The van der Waals surface area contributed by atoms with Crippen molar-refractivity contribution in [1.82, 2.24) is 15.0 Å². The number of alkyl halides is 3. The molecule has 0 spiro atoms. The van der Waals surface area contributed by atoms with Gasteiger partial charge in [-0.05, 0) is 30.7 Å². The van der Waals surface area contributed by atoms with Gasteiger partial charge >= 0.3 is 6.36 Å². The van der Waals surface area contributed by atoms with Crippen LogP contribution in [0.1, 0.15) is 24.4 Å². The lowest BCUT2D eigenvalue weighted by Crippen LogP contribution is -2.17. The number of H-pyrrole nitrogens is 1. The smallest absolute Gasteiger partial charge is 0.406 e. The van der Waals surface area contributed by atoms with Crippen molar-refractivity contribution in [2.24, 2.45) is 0 Å². The molecule has 1 unspecified atom stereocenters. The van der Waals surface area contributed by atoms with Gasteiger partial charge in [0, 0.05) is 12.8 Å². The van der Waals surface area contributed by atoms with Crippen molar-refractivity contribution >= 4 is 24.5 Å². The van der Waals surface area contributed by atoms with E-state index in [0.29, 0.717) is 34.6 Å². The van der Waals surface area contributed by atoms with E-state index in [1.54, 1.807) is 6.07 Å². The summed E-state index contributed by atoms with van der Waals surface area (Å²) in [5.74, 6) is 0.185. The number of ether oxygens (including phenoxy) is 2. The van der Waals surface area contributed by atoms with Crippen molar-refractivity contribution in [3.05, 3.63) is 47.9 Å². The van der Waals surface area contributed by atoms with Crippen molar-refractivity contribution in [3.63, 3.8) is 0 Å². The molecule has 2 aromatic heterocycles. The van der Waals surface area contributed by atoms with E-state index in [9.17, 15) is 13.2 Å². The van der Waals surface area contributed by atoms with E-state index in [-0.39, 0.29) is 5.75 Å². The Morgan fingerprint density at radius 3 is 2.60 bits per heavy atom. The number of halogens is 3. The fraction of sp³-hybridized carbons (Fsp3) is 0.250. The minimum atomic E-state index is -4.73. The van der Waals surface area contributed by atoms with Crippen LogP contribution in [0.3, 0.4) is 0 Å². The fourth-order valence-electron chi connectivity index (χ4n) is 2.40. The summed E-state index contributed by atoms with van der Waals surface area (Å²) in [7, 11) is 5.70. The van der Waals surface area contributed by atoms with Gasteiger partial charge < -0.3 is 14.5 Å². The number of rotatable bonds is 5. The maximum atomic E-state index is 12.3. The predicted molar refractivity (Wildman–Crippen MR) is 85.9 cm³/mol. The van der Waals surface area contributed by atoms with E-state index in [0.717, 1.165) is 0 Å². The lowest BCUT2D eigenvalue weighted by atomic mass is 9.99. The molecule has 3 aromatic rings. The van der Waals surface area contributed by atoms with Gasteiger partial charge in [-0.1, -0.05) is 17.6 Å². The second-order valence-electron chi connectivity index (χ2n) is 5.21. The second-order valence-corrected chi connectivity index (χ2v) is 5.21. The first-order valence-corrected chi connectivity index (χ1v) is 7.44. The van der Waals surface area contributed by atoms with Gasteiger partial charge in [-0.2, -0.15) is 0 Å². The molecule has 0 fully saturated rings. The Kier molecular flexibility index (Phi) is 4.67. The molecule has 3 rings (SSSR count). The summed E-state index contributed by atoms with van der Waals surface area (Å²) in [4.78, 5) is 11.6. The normalized spacial score (nSPS) is 13.1. The van der Waals surface area contributed by atoms with Gasteiger partial charge in [0.25, 0.3) is 0 Å². The summed E-state index contributed by atoms with van der Waals surface area (Å²) in [6, 6.07) is 7.15. The molecule has 128 valence electrons. The third-order valence-electron chi connectivity index (χ3n) is 3.38. The molecule has 2 heterocycles. The average Bonchev–Trinajstić information content (AvgIpc) is 2.94. The molecule has 1 N–H and O–H groups in total. The van der Waals surface area contributed by atoms with Gasteiger partial charge in [-0.3, -0.25) is 0 Å². The summed E-state index contributed by atoms with van der Waals surface area (Å²) >= 11 is 0. The van der Waals surface area contributed by atoms with E-state index in [2.05, 4.69) is 19.7 Å². The highest BCUT2D eigenvalue weighted by Crippen LogP contribution is 2.28. The molecule has 25 heavy (non-hydrogen) atoms. The van der Waals surface area contributed by atoms with Gasteiger partial charge in [0.1, 0.15) is 25.5 Å². The highest BCUT2D eigenvalue weighted by atomic mass is 19.4. The van der Waals surface area contributed by atoms with Gasteiger partial charge in [0.15, 0.2) is 5.65 Å². The number of hydrogen-bond acceptors (Lipinski definition) is 4.